The topological polar surface area (TPSA) is 123 Å². The lowest BCUT2D eigenvalue weighted by Gasteiger charge is -2.11. The average molecular weight is 456 g/mol. The van der Waals surface area contributed by atoms with Gasteiger partial charge in [-0.15, -0.1) is 28.1 Å². The molecular formula is C17H21N5O4S3. The minimum absolute atomic E-state index is 0.0232. The second kappa shape index (κ2) is 9.55. The fraction of sp³-hybridized carbons (Fsp3) is 0.412. The fourth-order valence-electron chi connectivity index (χ4n) is 2.93. The smallest absolute Gasteiger partial charge is 0.321 e. The van der Waals surface area contributed by atoms with Gasteiger partial charge in [0.15, 0.2) is 15.0 Å². The van der Waals surface area contributed by atoms with Crippen molar-refractivity contribution in [3.8, 4) is 0 Å². The van der Waals surface area contributed by atoms with Crippen molar-refractivity contribution in [3.05, 3.63) is 40.9 Å². The van der Waals surface area contributed by atoms with Crippen LogP contribution in [0.15, 0.2) is 35.3 Å². The van der Waals surface area contributed by atoms with Crippen molar-refractivity contribution in [2.75, 3.05) is 17.3 Å². The Hall–Kier alpha value is -2.18. The number of rotatable bonds is 8. The summed E-state index contributed by atoms with van der Waals surface area (Å²) in [4.78, 5) is 24.9. The number of carbonyl (C=O) groups excluding carboxylic acids is 2. The molecule has 3 rings (SSSR count). The Morgan fingerprint density at radius 3 is 2.90 bits per heavy atom. The molecule has 1 atom stereocenters. The number of urea groups is 1. The van der Waals surface area contributed by atoms with Crippen LogP contribution in [-0.2, 0) is 27.7 Å². The molecule has 1 saturated heterocycles. The van der Waals surface area contributed by atoms with E-state index in [1.54, 1.807) is 10.6 Å². The molecule has 12 heteroatoms. The summed E-state index contributed by atoms with van der Waals surface area (Å²) >= 11 is 2.65. The van der Waals surface area contributed by atoms with Crippen LogP contribution in [-0.4, -0.2) is 52.4 Å². The van der Waals surface area contributed by atoms with E-state index in [0.29, 0.717) is 30.5 Å². The molecule has 2 aromatic heterocycles. The Morgan fingerprint density at radius 1 is 1.41 bits per heavy atom. The van der Waals surface area contributed by atoms with E-state index >= 15 is 0 Å². The Bertz CT molecular complexity index is 985. The fourth-order valence-corrected chi connectivity index (χ4v) is 6.06. The molecule has 3 amide bonds. The number of aromatic nitrogens is 3. The van der Waals surface area contributed by atoms with Gasteiger partial charge < -0.3 is 9.88 Å². The zero-order valence-corrected chi connectivity index (χ0v) is 18.0. The normalized spacial score (nSPS) is 17.7. The van der Waals surface area contributed by atoms with E-state index in [1.807, 2.05) is 17.5 Å². The summed E-state index contributed by atoms with van der Waals surface area (Å²) in [6.45, 7) is 4.47. The summed E-state index contributed by atoms with van der Waals surface area (Å²) in [6.07, 6.45) is 2.17. The van der Waals surface area contributed by atoms with Gasteiger partial charge in [0, 0.05) is 17.3 Å². The van der Waals surface area contributed by atoms with Gasteiger partial charge in [0.2, 0.25) is 5.91 Å². The van der Waals surface area contributed by atoms with Gasteiger partial charge >= 0.3 is 6.03 Å². The van der Waals surface area contributed by atoms with Gasteiger partial charge in [-0.05, 0) is 17.9 Å². The van der Waals surface area contributed by atoms with Crippen LogP contribution in [0.2, 0.25) is 0 Å². The standard InChI is InChI=1S/C17H21N5O4S3/c1-2-6-22-15(12-5-8-29(25,26)11-12)20-21-17(22)28-10-14(23)19-16(24)18-9-13-4-3-7-27-13/h2-4,7,12H,1,5-6,8-11H2,(H2,18,19,23,24)/t12-/m0/s1. The number of thiophene rings is 1. The quantitative estimate of drug-likeness (QED) is 0.457. The largest absolute Gasteiger partial charge is 0.333 e. The monoisotopic (exact) mass is 455 g/mol. The van der Waals surface area contributed by atoms with Crippen molar-refractivity contribution in [3.63, 3.8) is 0 Å². The molecule has 0 radical (unpaired) electrons. The molecule has 1 aliphatic heterocycles. The van der Waals surface area contributed by atoms with Crippen LogP contribution < -0.4 is 10.6 Å². The predicted octanol–water partition coefficient (Wildman–Crippen LogP) is 1.55. The number of thioether (sulfide) groups is 1. The lowest BCUT2D eigenvalue weighted by Crippen LogP contribution is -2.39. The second-order valence-corrected chi connectivity index (χ2v) is 10.6. The third-order valence-electron chi connectivity index (χ3n) is 4.24. The molecule has 2 aromatic rings. The van der Waals surface area contributed by atoms with Gasteiger partial charge in [-0.25, -0.2) is 13.2 Å². The van der Waals surface area contributed by atoms with E-state index in [1.165, 1.54) is 11.3 Å². The number of sulfone groups is 1. The summed E-state index contributed by atoms with van der Waals surface area (Å²) in [6, 6.07) is 3.21. The molecular weight excluding hydrogens is 434 g/mol. The Kier molecular flexibility index (Phi) is 7.09. The Labute approximate surface area is 176 Å². The zero-order chi connectivity index (χ0) is 20.9. The van der Waals surface area contributed by atoms with Crippen LogP contribution in [0.3, 0.4) is 0 Å². The molecule has 1 fully saturated rings. The SMILES string of the molecule is C=CCn1c(SCC(=O)NC(=O)NCc2cccs2)nnc1[C@H]1CCS(=O)(=O)C1. The van der Waals surface area contributed by atoms with Crippen molar-refractivity contribution >= 4 is 44.9 Å². The molecule has 0 aliphatic carbocycles. The molecule has 0 aromatic carbocycles. The van der Waals surface area contributed by atoms with Gasteiger partial charge in [-0.2, -0.15) is 0 Å². The van der Waals surface area contributed by atoms with Crippen molar-refractivity contribution in [2.45, 2.75) is 30.6 Å². The first-order valence-corrected chi connectivity index (χ1v) is 12.5. The molecule has 0 spiro atoms. The first-order chi connectivity index (χ1) is 13.9. The third kappa shape index (κ3) is 5.90. The maximum Gasteiger partial charge on any atom is 0.321 e. The highest BCUT2D eigenvalue weighted by atomic mass is 32.2. The second-order valence-electron chi connectivity index (χ2n) is 6.44. The molecule has 2 N–H and O–H groups in total. The maximum atomic E-state index is 12.1. The van der Waals surface area contributed by atoms with Gasteiger partial charge in [0.1, 0.15) is 5.82 Å². The molecule has 3 heterocycles. The van der Waals surface area contributed by atoms with Crippen LogP contribution in [0.25, 0.3) is 0 Å². The third-order valence-corrected chi connectivity index (χ3v) is 7.85. The zero-order valence-electron chi connectivity index (χ0n) is 15.5. The number of nitrogens with one attached hydrogen (secondary N) is 2. The number of hydrogen-bond acceptors (Lipinski definition) is 8. The predicted molar refractivity (Wildman–Crippen MR) is 112 cm³/mol. The summed E-state index contributed by atoms with van der Waals surface area (Å²) in [5.74, 6) is 0.0881. The Morgan fingerprint density at radius 2 is 2.24 bits per heavy atom. The van der Waals surface area contributed by atoms with Crippen molar-refractivity contribution < 1.29 is 18.0 Å². The van der Waals surface area contributed by atoms with Crippen molar-refractivity contribution in [1.82, 2.24) is 25.4 Å². The van der Waals surface area contributed by atoms with Crippen LogP contribution in [0.4, 0.5) is 4.79 Å². The van der Waals surface area contributed by atoms with E-state index < -0.39 is 21.8 Å². The molecule has 0 unspecified atom stereocenters. The first-order valence-electron chi connectivity index (χ1n) is 8.85. The van der Waals surface area contributed by atoms with E-state index in [4.69, 9.17) is 0 Å². The molecule has 9 nitrogen and oxygen atoms in total. The minimum Gasteiger partial charge on any atom is -0.333 e. The van der Waals surface area contributed by atoms with Gasteiger partial charge in [0.05, 0.1) is 23.8 Å². The molecule has 29 heavy (non-hydrogen) atoms. The van der Waals surface area contributed by atoms with Gasteiger partial charge in [0.25, 0.3) is 0 Å². The first kappa shape index (κ1) is 21.5. The van der Waals surface area contributed by atoms with Crippen LogP contribution in [0.1, 0.15) is 23.0 Å². The van der Waals surface area contributed by atoms with Gasteiger partial charge in [-0.3, -0.25) is 10.1 Å². The number of hydrogen-bond donors (Lipinski definition) is 2. The highest BCUT2D eigenvalue weighted by molar-refractivity contribution is 7.99. The highest BCUT2D eigenvalue weighted by Crippen LogP contribution is 2.30. The van der Waals surface area contributed by atoms with Crippen LogP contribution in [0, 0.1) is 0 Å². The number of allylic oxidation sites excluding steroid dienone is 1. The molecule has 1 aliphatic rings. The van der Waals surface area contributed by atoms with Crippen LogP contribution >= 0.6 is 23.1 Å². The highest BCUT2D eigenvalue weighted by Gasteiger charge is 2.33. The summed E-state index contributed by atoms with van der Waals surface area (Å²) in [5, 5.41) is 15.5. The lowest BCUT2D eigenvalue weighted by atomic mass is 10.1. The summed E-state index contributed by atoms with van der Waals surface area (Å²) in [5.41, 5.74) is 0. The van der Waals surface area contributed by atoms with Crippen molar-refractivity contribution in [2.24, 2.45) is 0 Å². The minimum atomic E-state index is -3.05. The van der Waals surface area contributed by atoms with E-state index in [2.05, 4.69) is 27.4 Å². The Balaban J connectivity index is 1.55. The number of imide groups is 1. The molecule has 0 bridgehead atoms. The lowest BCUT2D eigenvalue weighted by molar-refractivity contribution is -0.117. The van der Waals surface area contributed by atoms with E-state index in [-0.39, 0.29) is 23.2 Å². The van der Waals surface area contributed by atoms with E-state index in [0.717, 1.165) is 16.6 Å². The number of nitrogens with zero attached hydrogens (tertiary/aromatic N) is 3. The molecule has 156 valence electrons. The van der Waals surface area contributed by atoms with Gasteiger partial charge in [-0.1, -0.05) is 23.9 Å². The van der Waals surface area contributed by atoms with Crippen molar-refractivity contribution in [1.29, 1.82) is 0 Å². The average Bonchev–Trinajstić information content (AvgIpc) is 3.39. The number of carbonyl (C=O) groups is 2. The molecule has 0 saturated carbocycles. The summed E-state index contributed by atoms with van der Waals surface area (Å²) < 4.78 is 25.3. The van der Waals surface area contributed by atoms with Crippen LogP contribution in [0.5, 0.6) is 0 Å². The van der Waals surface area contributed by atoms with E-state index in [9.17, 15) is 18.0 Å². The summed E-state index contributed by atoms with van der Waals surface area (Å²) in [7, 11) is -3.05. The maximum absolute atomic E-state index is 12.1. The number of amides is 3.